The molecule has 11 heteroatoms. The van der Waals surface area contributed by atoms with Crippen molar-refractivity contribution in [1.29, 1.82) is 0 Å². The van der Waals surface area contributed by atoms with Crippen molar-refractivity contribution in [2.75, 3.05) is 13.1 Å². The van der Waals surface area contributed by atoms with Crippen LogP contribution in [0.1, 0.15) is 34.5 Å². The highest BCUT2D eigenvalue weighted by Crippen LogP contribution is 2.44. The number of alkyl halides is 3. The molecule has 0 saturated carbocycles. The molecule has 1 atom stereocenters. The molecule has 0 spiro atoms. The highest BCUT2D eigenvalue weighted by molar-refractivity contribution is 7.16. The lowest BCUT2D eigenvalue weighted by molar-refractivity contribution is -0.141. The number of halogens is 4. The fraction of sp³-hybridized carbons (Fsp3) is 0.292. The Balaban J connectivity index is 1.81. The van der Waals surface area contributed by atoms with Crippen LogP contribution in [0.15, 0.2) is 49.2 Å². The third kappa shape index (κ3) is 5.28. The summed E-state index contributed by atoms with van der Waals surface area (Å²) in [7, 11) is 0. The molecule has 3 aromatic rings. The zero-order valence-corrected chi connectivity index (χ0v) is 20.3. The second kappa shape index (κ2) is 9.87. The van der Waals surface area contributed by atoms with Crippen molar-refractivity contribution >= 4 is 34.8 Å². The average molecular weight is 523 g/mol. The normalized spacial score (nSPS) is 15.6. The Morgan fingerprint density at radius 1 is 1.29 bits per heavy atom. The Kier molecular flexibility index (Phi) is 7.05. The van der Waals surface area contributed by atoms with Crippen molar-refractivity contribution in [3.8, 4) is 11.1 Å². The van der Waals surface area contributed by atoms with E-state index in [4.69, 9.17) is 11.6 Å². The van der Waals surface area contributed by atoms with Crippen LogP contribution in [0, 0.1) is 0 Å². The maximum Gasteiger partial charge on any atom is 0.435 e. The fourth-order valence-electron chi connectivity index (χ4n) is 4.28. The van der Waals surface area contributed by atoms with E-state index in [2.05, 4.69) is 17.0 Å². The topological polar surface area (TPSA) is 67.2 Å². The van der Waals surface area contributed by atoms with Gasteiger partial charge in [0.25, 0.3) is 0 Å². The summed E-state index contributed by atoms with van der Waals surface area (Å²) in [5.74, 6) is -0.921. The van der Waals surface area contributed by atoms with E-state index in [0.717, 1.165) is 10.4 Å². The van der Waals surface area contributed by atoms with Crippen molar-refractivity contribution in [2.24, 2.45) is 0 Å². The van der Waals surface area contributed by atoms with Gasteiger partial charge in [0.05, 0.1) is 17.4 Å². The van der Waals surface area contributed by atoms with Crippen molar-refractivity contribution in [2.45, 2.75) is 32.1 Å². The molecule has 184 valence electrons. The highest BCUT2D eigenvalue weighted by Gasteiger charge is 2.39. The predicted octanol–water partition coefficient (Wildman–Crippen LogP) is 5.08. The Morgan fingerprint density at radius 3 is 2.71 bits per heavy atom. The molecule has 3 heterocycles. The highest BCUT2D eigenvalue weighted by atomic mass is 35.5. The number of rotatable bonds is 6. The van der Waals surface area contributed by atoms with Crippen LogP contribution in [-0.4, -0.2) is 39.6 Å². The first-order valence-electron chi connectivity index (χ1n) is 10.8. The first kappa shape index (κ1) is 25.0. The molecule has 4 rings (SSSR count). The first-order chi connectivity index (χ1) is 16.6. The van der Waals surface area contributed by atoms with Crippen LogP contribution in [0.25, 0.3) is 11.1 Å². The van der Waals surface area contributed by atoms with Gasteiger partial charge in [-0.15, -0.1) is 11.3 Å². The number of hydrogen-bond acceptors (Lipinski definition) is 4. The van der Waals surface area contributed by atoms with Crippen LogP contribution in [0.5, 0.6) is 0 Å². The molecule has 35 heavy (non-hydrogen) atoms. The van der Waals surface area contributed by atoms with E-state index in [-0.39, 0.29) is 42.9 Å². The van der Waals surface area contributed by atoms with Crippen LogP contribution < -0.4 is 5.32 Å². The van der Waals surface area contributed by atoms with Crippen molar-refractivity contribution < 1.29 is 22.8 Å². The molecule has 1 N–H and O–H groups in total. The summed E-state index contributed by atoms with van der Waals surface area (Å²) in [6.07, 6.45) is -2.11. The summed E-state index contributed by atoms with van der Waals surface area (Å²) in [6, 6.07) is 8.65. The van der Waals surface area contributed by atoms with E-state index < -0.39 is 11.9 Å². The van der Waals surface area contributed by atoms with Gasteiger partial charge in [-0.25, -0.2) is 0 Å². The minimum atomic E-state index is -4.68. The number of aromatic nitrogens is 2. The van der Waals surface area contributed by atoms with Crippen LogP contribution in [0.2, 0.25) is 4.34 Å². The van der Waals surface area contributed by atoms with E-state index in [1.807, 2.05) is 6.07 Å². The van der Waals surface area contributed by atoms with Gasteiger partial charge < -0.3 is 10.2 Å². The number of carbonyl (C=O) groups is 2. The molecule has 2 aromatic heterocycles. The molecule has 0 fully saturated rings. The summed E-state index contributed by atoms with van der Waals surface area (Å²) in [5, 5.41) is 6.35. The number of nitrogens with one attached hydrogen (secondary N) is 1. The fourth-order valence-corrected chi connectivity index (χ4v) is 5.64. The largest absolute Gasteiger partial charge is 0.435 e. The molecule has 6 nitrogen and oxygen atoms in total. The molecular weight excluding hydrogens is 501 g/mol. The van der Waals surface area contributed by atoms with Crippen molar-refractivity contribution in [1.82, 2.24) is 20.0 Å². The minimum absolute atomic E-state index is 0.0639. The van der Waals surface area contributed by atoms with Crippen molar-refractivity contribution in [3.63, 3.8) is 0 Å². The number of nitrogens with zero attached hydrogens (tertiary/aromatic N) is 3. The minimum Gasteiger partial charge on any atom is -0.354 e. The van der Waals surface area contributed by atoms with Gasteiger partial charge in [-0.3, -0.25) is 14.3 Å². The first-order valence-corrected chi connectivity index (χ1v) is 12.0. The lowest BCUT2D eigenvalue weighted by atomic mass is 9.84. The zero-order chi connectivity index (χ0) is 25.3. The van der Waals surface area contributed by atoms with Crippen LogP contribution >= 0.6 is 22.9 Å². The predicted molar refractivity (Wildman–Crippen MR) is 128 cm³/mol. The maximum atomic E-state index is 14.0. The monoisotopic (exact) mass is 522 g/mol. The standard InChI is InChI=1S/C24H22ClF3N4O2S/c1-3-22(34)31-11-18(17-10-21(25)35-20(17)13-31)15-6-4-5-7-16(15)19-12-32(9-8-29-14(2)33)30-23(19)24(26,27)28/h3-7,10,12,18H,1,8-9,11,13H2,2H3,(H,29,33)/t18-/m0/s1. The molecule has 1 aromatic carbocycles. The number of thiophene rings is 1. The smallest absolute Gasteiger partial charge is 0.354 e. The third-order valence-electron chi connectivity index (χ3n) is 5.78. The number of benzene rings is 1. The van der Waals surface area contributed by atoms with E-state index in [1.54, 1.807) is 29.2 Å². The summed E-state index contributed by atoms with van der Waals surface area (Å²) in [4.78, 5) is 26.1. The number of carbonyl (C=O) groups excluding carboxylic acids is 2. The van der Waals surface area contributed by atoms with Gasteiger partial charge in [0, 0.05) is 42.6 Å². The van der Waals surface area contributed by atoms with Gasteiger partial charge >= 0.3 is 6.18 Å². The summed E-state index contributed by atoms with van der Waals surface area (Å²) < 4.78 is 43.7. The second-order valence-corrected chi connectivity index (χ2v) is 9.89. The van der Waals surface area contributed by atoms with Gasteiger partial charge in [-0.2, -0.15) is 18.3 Å². The van der Waals surface area contributed by atoms with E-state index >= 15 is 0 Å². The van der Waals surface area contributed by atoms with Crippen LogP contribution in [0.3, 0.4) is 0 Å². The lowest BCUT2D eigenvalue weighted by Crippen LogP contribution is -2.37. The molecule has 2 amide bonds. The SMILES string of the molecule is C=CC(=O)N1Cc2sc(Cl)cc2[C@H](c2ccccc2-c2cn(CCNC(C)=O)nc2C(F)(F)F)C1. The molecule has 0 unspecified atom stereocenters. The van der Waals surface area contributed by atoms with Gasteiger partial charge in [0.15, 0.2) is 5.69 Å². The number of amides is 2. The Labute approximate surface area is 209 Å². The van der Waals surface area contributed by atoms with Crippen LogP contribution in [0.4, 0.5) is 13.2 Å². The second-order valence-electron chi connectivity index (χ2n) is 8.13. The molecule has 0 radical (unpaired) electrons. The maximum absolute atomic E-state index is 14.0. The van der Waals surface area contributed by atoms with E-state index in [1.165, 1.54) is 35.2 Å². The van der Waals surface area contributed by atoms with Gasteiger partial charge in [-0.1, -0.05) is 42.4 Å². The zero-order valence-electron chi connectivity index (χ0n) is 18.7. The summed E-state index contributed by atoms with van der Waals surface area (Å²) in [5.41, 5.74) is 0.831. The van der Waals surface area contributed by atoms with Gasteiger partial charge in [0.1, 0.15) is 0 Å². The molecule has 0 bridgehead atoms. The molecule has 0 saturated heterocycles. The summed E-state index contributed by atoms with van der Waals surface area (Å²) in [6.45, 7) is 5.77. The third-order valence-corrected chi connectivity index (χ3v) is 7.05. The molecular formula is C24H22ClF3N4O2S. The summed E-state index contributed by atoms with van der Waals surface area (Å²) >= 11 is 7.63. The van der Waals surface area contributed by atoms with Gasteiger partial charge in [0.2, 0.25) is 11.8 Å². The van der Waals surface area contributed by atoms with Crippen molar-refractivity contribution in [3.05, 3.63) is 75.2 Å². The molecule has 0 aliphatic carbocycles. The van der Waals surface area contributed by atoms with E-state index in [0.29, 0.717) is 22.0 Å². The Hall–Kier alpha value is -3.11. The van der Waals surface area contributed by atoms with E-state index in [9.17, 15) is 22.8 Å². The lowest BCUT2D eigenvalue weighted by Gasteiger charge is -2.33. The Bertz CT molecular complexity index is 1280. The average Bonchev–Trinajstić information content (AvgIpc) is 3.40. The molecule has 1 aliphatic rings. The Morgan fingerprint density at radius 2 is 2.03 bits per heavy atom. The van der Waals surface area contributed by atoms with Gasteiger partial charge in [-0.05, 0) is 28.8 Å². The number of hydrogen-bond donors (Lipinski definition) is 1. The molecule has 1 aliphatic heterocycles. The van der Waals surface area contributed by atoms with Crippen LogP contribution in [-0.2, 0) is 28.9 Å². The quantitative estimate of drug-likeness (QED) is 0.459. The number of fused-ring (bicyclic) bond motifs is 1.